The number of nitrogens with zero attached hydrogens (tertiary/aromatic N) is 5. The van der Waals surface area contributed by atoms with Crippen LogP contribution < -0.4 is 9.80 Å². The molecule has 0 amide bonds. The maximum atomic E-state index is 4.94. The first-order valence-corrected chi connectivity index (χ1v) is 11.7. The number of aromatic nitrogens is 3. The molecule has 0 saturated carbocycles. The number of hydrogen-bond donors (Lipinski definition) is 1. The van der Waals surface area contributed by atoms with Gasteiger partial charge in [0.15, 0.2) is 0 Å². The minimum atomic E-state index is 0.256. The topological polar surface area (TPSA) is 51.3 Å². The van der Waals surface area contributed by atoms with Crippen LogP contribution in [-0.4, -0.2) is 60.1 Å². The molecule has 1 saturated heterocycles. The van der Waals surface area contributed by atoms with Crippen LogP contribution in [0.25, 0.3) is 11.0 Å². The fourth-order valence-corrected chi connectivity index (χ4v) is 4.86. The Balaban J connectivity index is 1.45. The summed E-state index contributed by atoms with van der Waals surface area (Å²) in [6.45, 7) is 8.10. The lowest BCUT2D eigenvalue weighted by Gasteiger charge is -2.40. The fourth-order valence-electron chi connectivity index (χ4n) is 4.86. The molecule has 0 radical (unpaired) electrons. The van der Waals surface area contributed by atoms with E-state index in [0.717, 1.165) is 54.7 Å². The molecule has 170 valence electrons. The lowest BCUT2D eigenvalue weighted by molar-refractivity contribution is 0.211. The third-order valence-corrected chi connectivity index (χ3v) is 6.57. The summed E-state index contributed by atoms with van der Waals surface area (Å²) in [5.74, 6) is 1.77. The summed E-state index contributed by atoms with van der Waals surface area (Å²) in [6, 6.07) is 22.1. The van der Waals surface area contributed by atoms with Gasteiger partial charge in [-0.2, -0.15) is 9.97 Å². The Morgan fingerprint density at radius 2 is 1.58 bits per heavy atom. The molecule has 1 aliphatic heterocycles. The monoisotopic (exact) mass is 440 g/mol. The zero-order chi connectivity index (χ0) is 22.9. The number of aromatic amines is 1. The molecule has 1 N–H and O–H groups in total. The van der Waals surface area contributed by atoms with E-state index in [4.69, 9.17) is 9.97 Å². The Morgan fingerprint density at radius 1 is 0.879 bits per heavy atom. The van der Waals surface area contributed by atoms with Crippen molar-refractivity contribution < 1.29 is 0 Å². The molecule has 6 nitrogen and oxygen atoms in total. The minimum absolute atomic E-state index is 0.256. The second-order valence-electron chi connectivity index (χ2n) is 9.15. The second-order valence-corrected chi connectivity index (χ2v) is 9.15. The summed E-state index contributed by atoms with van der Waals surface area (Å²) >= 11 is 0. The summed E-state index contributed by atoms with van der Waals surface area (Å²) in [7, 11) is 3.98. The van der Waals surface area contributed by atoms with Crippen LogP contribution in [0.3, 0.4) is 0 Å². The van der Waals surface area contributed by atoms with Crippen molar-refractivity contribution in [2.24, 2.45) is 0 Å². The van der Waals surface area contributed by atoms with E-state index in [1.807, 2.05) is 19.0 Å². The number of rotatable bonds is 5. The maximum Gasteiger partial charge on any atom is 0.228 e. The minimum Gasteiger partial charge on any atom is -0.353 e. The van der Waals surface area contributed by atoms with Crippen molar-refractivity contribution in [3.05, 3.63) is 83.0 Å². The van der Waals surface area contributed by atoms with Crippen LogP contribution in [0.1, 0.15) is 28.4 Å². The summed E-state index contributed by atoms with van der Waals surface area (Å²) < 4.78 is 0. The van der Waals surface area contributed by atoms with E-state index in [9.17, 15) is 0 Å². The van der Waals surface area contributed by atoms with Gasteiger partial charge in [0, 0.05) is 46.0 Å². The van der Waals surface area contributed by atoms with Crippen molar-refractivity contribution in [3.63, 3.8) is 0 Å². The maximum absolute atomic E-state index is 4.94. The molecule has 3 heterocycles. The normalized spacial score (nSPS) is 15.7. The molecule has 1 aliphatic rings. The van der Waals surface area contributed by atoms with Crippen molar-refractivity contribution in [2.75, 3.05) is 50.1 Å². The predicted octanol–water partition coefficient (Wildman–Crippen LogP) is 4.55. The molecule has 2 aromatic heterocycles. The van der Waals surface area contributed by atoms with Crippen LogP contribution in [0.15, 0.2) is 60.7 Å². The van der Waals surface area contributed by atoms with E-state index in [0.29, 0.717) is 0 Å². The number of aryl methyl sites for hydroxylation is 2. The highest BCUT2D eigenvalue weighted by atomic mass is 15.3. The molecule has 2 aromatic carbocycles. The van der Waals surface area contributed by atoms with Crippen LogP contribution >= 0.6 is 0 Å². The van der Waals surface area contributed by atoms with E-state index < -0.39 is 0 Å². The molecule has 33 heavy (non-hydrogen) atoms. The van der Waals surface area contributed by atoms with Gasteiger partial charge in [-0.1, -0.05) is 54.6 Å². The van der Waals surface area contributed by atoms with Crippen molar-refractivity contribution in [1.82, 2.24) is 19.9 Å². The molecular formula is C27H32N6. The van der Waals surface area contributed by atoms with Crippen LogP contribution in [0, 0.1) is 13.8 Å². The Bertz CT molecular complexity index is 1240. The SMILES string of the molecule is Cc1cc2c(N3CCN(C(c4ccccc4)c4ccccc4C)CC3)nc(N(C)C)nc2[nH]1. The van der Waals surface area contributed by atoms with Crippen LogP contribution in [0.5, 0.6) is 0 Å². The highest BCUT2D eigenvalue weighted by Crippen LogP contribution is 2.33. The number of anilines is 2. The average molecular weight is 441 g/mol. The standard InChI is InChI=1S/C27H32N6/c1-19-10-8-9-13-22(19)24(21-11-6-5-7-12-21)32-14-16-33(17-15-32)26-23-18-20(2)28-25(23)29-27(30-26)31(3)4/h5-13,18,24H,14-17H2,1-4H3,(H,28,29,30). The first-order chi connectivity index (χ1) is 16.0. The summed E-state index contributed by atoms with van der Waals surface area (Å²) in [5, 5.41) is 1.10. The summed E-state index contributed by atoms with van der Waals surface area (Å²) in [5.41, 5.74) is 6.09. The largest absolute Gasteiger partial charge is 0.353 e. The number of fused-ring (bicyclic) bond motifs is 1. The molecule has 1 fully saturated rings. The first-order valence-electron chi connectivity index (χ1n) is 11.7. The van der Waals surface area contributed by atoms with Gasteiger partial charge < -0.3 is 14.8 Å². The third kappa shape index (κ3) is 4.18. The van der Waals surface area contributed by atoms with Crippen LogP contribution in [0.2, 0.25) is 0 Å². The van der Waals surface area contributed by atoms with Gasteiger partial charge in [-0.05, 0) is 36.6 Å². The van der Waals surface area contributed by atoms with Gasteiger partial charge in [0.1, 0.15) is 11.5 Å². The van der Waals surface area contributed by atoms with Crippen molar-refractivity contribution >= 4 is 22.8 Å². The van der Waals surface area contributed by atoms with Gasteiger partial charge >= 0.3 is 0 Å². The number of H-pyrrole nitrogens is 1. The van der Waals surface area contributed by atoms with Crippen molar-refractivity contribution in [2.45, 2.75) is 19.9 Å². The quantitative estimate of drug-likeness (QED) is 0.493. The third-order valence-electron chi connectivity index (χ3n) is 6.57. The van der Waals surface area contributed by atoms with Crippen LogP contribution in [0.4, 0.5) is 11.8 Å². The molecule has 0 spiro atoms. The number of nitrogens with one attached hydrogen (secondary N) is 1. The second kappa shape index (κ2) is 8.87. The lowest BCUT2D eigenvalue weighted by atomic mass is 9.93. The zero-order valence-electron chi connectivity index (χ0n) is 19.9. The first kappa shape index (κ1) is 21.5. The van der Waals surface area contributed by atoms with E-state index in [1.54, 1.807) is 0 Å². The van der Waals surface area contributed by atoms with E-state index >= 15 is 0 Å². The number of benzene rings is 2. The van der Waals surface area contributed by atoms with Gasteiger partial charge in [-0.3, -0.25) is 4.90 Å². The number of piperazine rings is 1. The van der Waals surface area contributed by atoms with E-state index in [2.05, 4.69) is 89.3 Å². The Labute approximate surface area is 195 Å². The summed E-state index contributed by atoms with van der Waals surface area (Å²) in [4.78, 5) is 20.0. The van der Waals surface area contributed by atoms with E-state index in [-0.39, 0.29) is 6.04 Å². The number of hydrogen-bond acceptors (Lipinski definition) is 5. The van der Waals surface area contributed by atoms with E-state index in [1.165, 1.54) is 16.7 Å². The molecule has 1 unspecified atom stereocenters. The van der Waals surface area contributed by atoms with Gasteiger partial charge in [0.25, 0.3) is 0 Å². The Morgan fingerprint density at radius 3 is 2.27 bits per heavy atom. The molecule has 0 bridgehead atoms. The zero-order valence-corrected chi connectivity index (χ0v) is 19.9. The van der Waals surface area contributed by atoms with Crippen molar-refractivity contribution in [3.8, 4) is 0 Å². The average Bonchev–Trinajstić information content (AvgIpc) is 3.21. The van der Waals surface area contributed by atoms with Gasteiger partial charge in [-0.25, -0.2) is 0 Å². The molecule has 6 heteroatoms. The highest BCUT2D eigenvalue weighted by molar-refractivity contribution is 5.89. The van der Waals surface area contributed by atoms with Crippen molar-refractivity contribution in [1.29, 1.82) is 0 Å². The molecular weight excluding hydrogens is 408 g/mol. The molecule has 1 atom stereocenters. The molecule has 4 aromatic rings. The Kier molecular flexibility index (Phi) is 5.77. The Hall–Kier alpha value is -3.38. The lowest BCUT2D eigenvalue weighted by Crippen LogP contribution is -2.48. The van der Waals surface area contributed by atoms with Gasteiger partial charge in [-0.15, -0.1) is 0 Å². The smallest absolute Gasteiger partial charge is 0.228 e. The van der Waals surface area contributed by atoms with Gasteiger partial charge in [0.05, 0.1) is 11.4 Å². The predicted molar refractivity (Wildman–Crippen MR) is 136 cm³/mol. The fraction of sp³-hybridized carbons (Fsp3) is 0.333. The molecule has 5 rings (SSSR count). The van der Waals surface area contributed by atoms with Gasteiger partial charge in [0.2, 0.25) is 5.95 Å². The van der Waals surface area contributed by atoms with Crippen LogP contribution in [-0.2, 0) is 0 Å². The highest BCUT2D eigenvalue weighted by Gasteiger charge is 2.29. The molecule has 0 aliphatic carbocycles. The summed E-state index contributed by atoms with van der Waals surface area (Å²) in [6.07, 6.45) is 0.